The van der Waals surface area contributed by atoms with Crippen molar-refractivity contribution in [2.75, 3.05) is 12.0 Å². The maximum atomic E-state index is 5.51. The fourth-order valence-corrected chi connectivity index (χ4v) is 1.53. The van der Waals surface area contributed by atoms with Crippen molar-refractivity contribution in [3.8, 4) is 0 Å². The largest absolute Gasteiger partial charge is 0.334 e. The minimum Gasteiger partial charge on any atom is -0.334 e. The summed E-state index contributed by atoms with van der Waals surface area (Å²) in [5.41, 5.74) is 5.51. The number of hydrogen-bond acceptors (Lipinski definition) is 3. The summed E-state index contributed by atoms with van der Waals surface area (Å²) in [5.74, 6) is 2.18. The first-order valence-corrected chi connectivity index (χ1v) is 5.47. The first-order chi connectivity index (χ1) is 5.88. The Morgan fingerprint density at radius 3 is 3.17 bits per heavy atom. The molecule has 0 bridgehead atoms. The molecule has 1 heterocycles. The highest BCUT2D eigenvalue weighted by Crippen LogP contribution is 2.01. The van der Waals surface area contributed by atoms with Gasteiger partial charge in [0, 0.05) is 18.9 Å². The molecule has 0 spiro atoms. The monoisotopic (exact) mass is 185 g/mol. The molecule has 68 valence electrons. The van der Waals surface area contributed by atoms with Crippen molar-refractivity contribution < 1.29 is 0 Å². The summed E-state index contributed by atoms with van der Waals surface area (Å²) in [7, 11) is 0. The van der Waals surface area contributed by atoms with Gasteiger partial charge in [0.2, 0.25) is 0 Å². The second-order valence-electron chi connectivity index (χ2n) is 2.59. The lowest BCUT2D eigenvalue weighted by Crippen LogP contribution is -2.08. The van der Waals surface area contributed by atoms with Crippen LogP contribution in [0, 0.1) is 0 Å². The highest BCUT2D eigenvalue weighted by molar-refractivity contribution is 7.98. The van der Waals surface area contributed by atoms with Crippen LogP contribution in [-0.2, 0) is 13.1 Å². The molecule has 0 aliphatic carbocycles. The third kappa shape index (κ3) is 2.53. The first-order valence-electron chi connectivity index (χ1n) is 4.07. The number of imidazole rings is 1. The van der Waals surface area contributed by atoms with E-state index in [4.69, 9.17) is 5.73 Å². The summed E-state index contributed by atoms with van der Waals surface area (Å²) in [6, 6.07) is 0. The van der Waals surface area contributed by atoms with Gasteiger partial charge in [0.25, 0.3) is 0 Å². The summed E-state index contributed by atoms with van der Waals surface area (Å²) in [4.78, 5) is 4.14. The molecule has 0 saturated heterocycles. The zero-order valence-electron chi connectivity index (χ0n) is 7.36. The van der Waals surface area contributed by atoms with Crippen LogP contribution in [0.25, 0.3) is 0 Å². The van der Waals surface area contributed by atoms with Crippen LogP contribution >= 0.6 is 11.8 Å². The molecule has 0 aromatic carbocycles. The number of aromatic nitrogens is 2. The summed E-state index contributed by atoms with van der Waals surface area (Å²) >= 11 is 1.87. The van der Waals surface area contributed by atoms with Crippen LogP contribution < -0.4 is 5.73 Å². The summed E-state index contributed by atoms with van der Waals surface area (Å²) < 4.78 is 2.12. The Kier molecular flexibility index (Phi) is 4.18. The van der Waals surface area contributed by atoms with Gasteiger partial charge in [-0.2, -0.15) is 11.8 Å². The van der Waals surface area contributed by atoms with Crippen molar-refractivity contribution in [1.29, 1.82) is 0 Å². The topological polar surface area (TPSA) is 43.8 Å². The van der Waals surface area contributed by atoms with Crippen molar-refractivity contribution in [1.82, 2.24) is 9.55 Å². The third-order valence-electron chi connectivity index (χ3n) is 1.73. The molecule has 0 saturated carbocycles. The van der Waals surface area contributed by atoms with Gasteiger partial charge in [-0.3, -0.25) is 0 Å². The molecule has 1 aromatic rings. The first kappa shape index (κ1) is 9.61. The predicted molar refractivity (Wildman–Crippen MR) is 53.1 cm³/mol. The van der Waals surface area contributed by atoms with Crippen molar-refractivity contribution >= 4 is 11.8 Å². The molecule has 3 nitrogen and oxygen atoms in total. The Hall–Kier alpha value is -0.480. The lowest BCUT2D eigenvalue weighted by molar-refractivity contribution is 0.642. The van der Waals surface area contributed by atoms with E-state index in [2.05, 4.69) is 15.8 Å². The lowest BCUT2D eigenvalue weighted by atomic mass is 10.4. The van der Waals surface area contributed by atoms with Crippen LogP contribution in [0.2, 0.25) is 0 Å². The molecule has 0 aliphatic rings. The maximum Gasteiger partial charge on any atom is 0.122 e. The predicted octanol–water partition coefficient (Wildman–Crippen LogP) is 1.09. The van der Waals surface area contributed by atoms with Crippen LogP contribution in [0.15, 0.2) is 12.4 Å². The van der Waals surface area contributed by atoms with Crippen LogP contribution in [0.1, 0.15) is 12.2 Å². The number of nitrogens with two attached hydrogens (primary N) is 1. The molecule has 1 rings (SSSR count). The number of aryl methyl sites for hydroxylation is 1. The van der Waals surface area contributed by atoms with E-state index in [1.54, 1.807) is 6.20 Å². The molecular formula is C8H15N3S. The highest BCUT2D eigenvalue weighted by atomic mass is 32.2. The summed E-state index contributed by atoms with van der Waals surface area (Å²) in [6.45, 7) is 1.57. The van der Waals surface area contributed by atoms with Gasteiger partial charge in [0.1, 0.15) is 5.82 Å². The highest BCUT2D eigenvalue weighted by Gasteiger charge is 1.98. The minimum atomic E-state index is 0.534. The van der Waals surface area contributed by atoms with Crippen LogP contribution in [-0.4, -0.2) is 21.6 Å². The van der Waals surface area contributed by atoms with E-state index in [1.807, 2.05) is 18.0 Å². The number of hydrogen-bond donors (Lipinski definition) is 1. The van der Waals surface area contributed by atoms with Gasteiger partial charge in [-0.15, -0.1) is 0 Å². The van der Waals surface area contributed by atoms with Crippen LogP contribution in [0.4, 0.5) is 0 Å². The second kappa shape index (κ2) is 5.22. The van der Waals surface area contributed by atoms with E-state index in [0.29, 0.717) is 6.54 Å². The fourth-order valence-electron chi connectivity index (χ4n) is 1.11. The summed E-state index contributed by atoms with van der Waals surface area (Å²) in [6.07, 6.45) is 7.10. The van der Waals surface area contributed by atoms with Crippen LogP contribution in [0.5, 0.6) is 0 Å². The van der Waals surface area contributed by atoms with Gasteiger partial charge in [-0.1, -0.05) is 0 Å². The molecule has 0 radical (unpaired) electrons. The number of thioether (sulfide) groups is 1. The third-order valence-corrected chi connectivity index (χ3v) is 2.43. The van der Waals surface area contributed by atoms with E-state index >= 15 is 0 Å². The second-order valence-corrected chi connectivity index (χ2v) is 3.57. The zero-order chi connectivity index (χ0) is 8.81. The van der Waals surface area contributed by atoms with E-state index in [0.717, 1.165) is 12.4 Å². The maximum absolute atomic E-state index is 5.51. The number of rotatable bonds is 5. The molecule has 0 aliphatic heterocycles. The van der Waals surface area contributed by atoms with Gasteiger partial charge in [-0.25, -0.2) is 4.98 Å². The standard InChI is InChI=1S/C8H15N3S/c1-12-6-2-4-11-5-3-10-8(11)7-9/h3,5H,2,4,6-7,9H2,1H3. The lowest BCUT2D eigenvalue weighted by Gasteiger charge is -2.04. The molecule has 4 heteroatoms. The zero-order valence-corrected chi connectivity index (χ0v) is 8.18. The summed E-state index contributed by atoms with van der Waals surface area (Å²) in [5, 5.41) is 0. The molecule has 0 atom stereocenters. The van der Waals surface area contributed by atoms with Crippen LogP contribution in [0.3, 0.4) is 0 Å². The Morgan fingerprint density at radius 2 is 2.50 bits per heavy atom. The van der Waals surface area contributed by atoms with Crippen molar-refractivity contribution in [2.45, 2.75) is 19.5 Å². The van der Waals surface area contributed by atoms with Gasteiger partial charge in [-0.05, 0) is 18.4 Å². The van der Waals surface area contributed by atoms with Crippen molar-refractivity contribution in [3.05, 3.63) is 18.2 Å². The minimum absolute atomic E-state index is 0.534. The van der Waals surface area contributed by atoms with Crippen molar-refractivity contribution in [2.24, 2.45) is 5.73 Å². The molecule has 0 fully saturated rings. The Bertz CT molecular complexity index is 222. The van der Waals surface area contributed by atoms with E-state index in [9.17, 15) is 0 Å². The Morgan fingerprint density at radius 1 is 1.67 bits per heavy atom. The van der Waals surface area contributed by atoms with Gasteiger partial charge < -0.3 is 10.3 Å². The Labute approximate surface area is 77.4 Å². The molecule has 2 N–H and O–H groups in total. The van der Waals surface area contributed by atoms with Gasteiger partial charge in [0.15, 0.2) is 0 Å². The molecule has 0 amide bonds. The average Bonchev–Trinajstić information content (AvgIpc) is 2.52. The van der Waals surface area contributed by atoms with Crippen molar-refractivity contribution in [3.63, 3.8) is 0 Å². The number of nitrogens with zero attached hydrogens (tertiary/aromatic N) is 2. The fraction of sp³-hybridized carbons (Fsp3) is 0.625. The van der Waals surface area contributed by atoms with E-state index in [-0.39, 0.29) is 0 Å². The normalized spacial score (nSPS) is 10.5. The van der Waals surface area contributed by atoms with E-state index in [1.165, 1.54) is 12.2 Å². The molecule has 0 unspecified atom stereocenters. The smallest absolute Gasteiger partial charge is 0.122 e. The SMILES string of the molecule is CSCCCn1ccnc1CN. The quantitative estimate of drug-likeness (QED) is 0.698. The molecule has 12 heavy (non-hydrogen) atoms. The molecular weight excluding hydrogens is 170 g/mol. The van der Waals surface area contributed by atoms with E-state index < -0.39 is 0 Å². The average molecular weight is 185 g/mol. The Balaban J connectivity index is 2.39. The molecule has 1 aromatic heterocycles. The van der Waals surface area contributed by atoms with Gasteiger partial charge >= 0.3 is 0 Å². The van der Waals surface area contributed by atoms with Gasteiger partial charge in [0.05, 0.1) is 6.54 Å².